The number of benzene rings is 2. The molecule has 0 bridgehead atoms. The summed E-state index contributed by atoms with van der Waals surface area (Å²) in [5, 5.41) is 0. The summed E-state index contributed by atoms with van der Waals surface area (Å²) in [4.78, 5) is 15.1. The fourth-order valence-electron chi connectivity index (χ4n) is 3.85. The summed E-state index contributed by atoms with van der Waals surface area (Å²) in [5.74, 6) is 1.43. The quantitative estimate of drug-likeness (QED) is 0.735. The number of methoxy groups -OCH3 is 1. The first kappa shape index (κ1) is 18.7. The fourth-order valence-corrected chi connectivity index (χ4v) is 3.85. The molecule has 0 radical (unpaired) electrons. The van der Waals surface area contributed by atoms with Crippen molar-refractivity contribution in [1.29, 1.82) is 0 Å². The molecule has 2 aliphatic heterocycles. The van der Waals surface area contributed by atoms with Crippen LogP contribution in [0.15, 0.2) is 36.4 Å². The van der Waals surface area contributed by atoms with Crippen LogP contribution in [0, 0.1) is 11.7 Å². The number of likely N-dealkylation sites (tertiary alicyclic amines) is 1. The van der Waals surface area contributed by atoms with Gasteiger partial charge in [0, 0.05) is 18.0 Å². The number of carbonyl (C=O) groups is 1. The Kier molecular flexibility index (Phi) is 5.48. The first-order chi connectivity index (χ1) is 13.6. The van der Waals surface area contributed by atoms with E-state index < -0.39 is 0 Å². The van der Waals surface area contributed by atoms with Crippen molar-refractivity contribution in [2.75, 3.05) is 33.4 Å². The van der Waals surface area contributed by atoms with Crippen LogP contribution in [-0.4, -0.2) is 44.1 Å². The number of ketones is 1. The molecule has 2 aliphatic rings. The maximum Gasteiger partial charge on any atom is 0.166 e. The van der Waals surface area contributed by atoms with Gasteiger partial charge in [-0.15, -0.1) is 0 Å². The molecule has 0 aromatic heterocycles. The van der Waals surface area contributed by atoms with E-state index >= 15 is 0 Å². The third-order valence-electron chi connectivity index (χ3n) is 5.41. The molecular weight excluding hydrogens is 361 g/mol. The number of ether oxygens (including phenoxy) is 3. The highest BCUT2D eigenvalue weighted by molar-refractivity contribution is 5.98. The predicted octanol–water partition coefficient (Wildman–Crippen LogP) is 3.70. The monoisotopic (exact) mass is 385 g/mol. The Labute approximate surface area is 164 Å². The third kappa shape index (κ3) is 3.97. The molecule has 148 valence electrons. The van der Waals surface area contributed by atoms with Gasteiger partial charge in [0.05, 0.1) is 7.11 Å². The van der Waals surface area contributed by atoms with E-state index in [0.717, 1.165) is 31.5 Å². The first-order valence-corrected chi connectivity index (χ1v) is 9.62. The van der Waals surface area contributed by atoms with Gasteiger partial charge in [-0.05, 0) is 61.8 Å². The molecule has 2 aromatic carbocycles. The number of carbonyl (C=O) groups excluding carboxylic acids is 1. The van der Waals surface area contributed by atoms with Gasteiger partial charge < -0.3 is 14.2 Å². The van der Waals surface area contributed by atoms with Crippen LogP contribution in [-0.2, 0) is 6.54 Å². The van der Waals surface area contributed by atoms with Gasteiger partial charge in [0.1, 0.15) is 13.2 Å². The molecule has 28 heavy (non-hydrogen) atoms. The number of hydrogen-bond acceptors (Lipinski definition) is 5. The zero-order chi connectivity index (χ0) is 19.5. The minimum Gasteiger partial charge on any atom is -0.494 e. The van der Waals surface area contributed by atoms with Gasteiger partial charge in [-0.2, -0.15) is 0 Å². The lowest BCUT2D eigenvalue weighted by Crippen LogP contribution is -2.36. The van der Waals surface area contributed by atoms with Crippen molar-refractivity contribution in [3.8, 4) is 17.2 Å². The molecule has 0 aliphatic carbocycles. The second-order valence-electron chi connectivity index (χ2n) is 7.24. The first-order valence-electron chi connectivity index (χ1n) is 9.62. The Morgan fingerprint density at radius 2 is 1.86 bits per heavy atom. The summed E-state index contributed by atoms with van der Waals surface area (Å²) in [5.41, 5.74) is 1.59. The van der Waals surface area contributed by atoms with Gasteiger partial charge in [-0.1, -0.05) is 6.07 Å². The molecular formula is C22H24FNO4. The highest BCUT2D eigenvalue weighted by atomic mass is 19.1. The number of hydrogen-bond donors (Lipinski definition) is 0. The summed E-state index contributed by atoms with van der Waals surface area (Å²) >= 11 is 0. The Morgan fingerprint density at radius 3 is 2.57 bits per heavy atom. The van der Waals surface area contributed by atoms with Gasteiger partial charge in [0.2, 0.25) is 0 Å². The van der Waals surface area contributed by atoms with Crippen molar-refractivity contribution >= 4 is 5.78 Å². The maximum atomic E-state index is 13.9. The lowest BCUT2D eigenvalue weighted by atomic mass is 9.88. The average molecular weight is 385 g/mol. The summed E-state index contributed by atoms with van der Waals surface area (Å²) in [6.45, 7) is 3.35. The molecule has 0 saturated carbocycles. The summed E-state index contributed by atoms with van der Waals surface area (Å²) in [7, 11) is 1.46. The molecule has 0 N–H and O–H groups in total. The summed E-state index contributed by atoms with van der Waals surface area (Å²) in [6, 6.07) is 10.5. The van der Waals surface area contributed by atoms with E-state index in [9.17, 15) is 9.18 Å². The molecule has 4 rings (SSSR count). The minimum atomic E-state index is -0.344. The fraction of sp³-hybridized carbons (Fsp3) is 0.409. The summed E-state index contributed by atoms with van der Waals surface area (Å²) < 4.78 is 29.9. The van der Waals surface area contributed by atoms with E-state index in [2.05, 4.69) is 4.90 Å². The Morgan fingerprint density at radius 1 is 1.11 bits per heavy atom. The van der Waals surface area contributed by atoms with Crippen LogP contribution in [0.2, 0.25) is 0 Å². The largest absolute Gasteiger partial charge is 0.494 e. The molecule has 2 aromatic rings. The number of Topliss-reactive ketones (excluding diaryl/α,β-unsaturated/α-hetero) is 1. The second kappa shape index (κ2) is 8.19. The minimum absolute atomic E-state index is 0.00594. The maximum absolute atomic E-state index is 13.9. The van der Waals surface area contributed by atoms with E-state index in [-0.39, 0.29) is 23.3 Å². The number of nitrogens with zero attached hydrogens (tertiary/aromatic N) is 1. The highest BCUT2D eigenvalue weighted by Gasteiger charge is 2.27. The molecule has 0 amide bonds. The van der Waals surface area contributed by atoms with Crippen molar-refractivity contribution in [2.45, 2.75) is 19.4 Å². The lowest BCUT2D eigenvalue weighted by molar-refractivity contribution is 0.0833. The van der Waals surface area contributed by atoms with Gasteiger partial charge in [0.15, 0.2) is 28.8 Å². The molecule has 1 fully saturated rings. The molecule has 1 saturated heterocycles. The van der Waals surface area contributed by atoms with Crippen molar-refractivity contribution in [2.24, 2.45) is 5.92 Å². The standard InChI is InChI=1S/C22H24FNO4/c1-26-19-4-2-15(12-18(19)23)14-24-8-6-16(7-9-24)22(25)17-3-5-20-21(13-17)28-11-10-27-20/h2-5,12-13,16H,6-11,14H2,1H3. The van der Waals surface area contributed by atoms with Crippen LogP contribution in [0.25, 0.3) is 0 Å². The zero-order valence-electron chi connectivity index (χ0n) is 15.9. The van der Waals surface area contributed by atoms with Crippen molar-refractivity contribution in [1.82, 2.24) is 4.90 Å². The predicted molar refractivity (Wildman–Crippen MR) is 103 cm³/mol. The lowest BCUT2D eigenvalue weighted by Gasteiger charge is -2.31. The van der Waals surface area contributed by atoms with Gasteiger partial charge in [0.25, 0.3) is 0 Å². The molecule has 2 heterocycles. The van der Waals surface area contributed by atoms with E-state index in [1.807, 2.05) is 18.2 Å². The SMILES string of the molecule is COc1ccc(CN2CCC(C(=O)c3ccc4c(c3)OCCO4)CC2)cc1F. The molecule has 6 heteroatoms. The Hall–Kier alpha value is -2.60. The second-order valence-corrected chi connectivity index (χ2v) is 7.24. The number of fused-ring (bicyclic) bond motifs is 1. The van der Waals surface area contributed by atoms with Crippen LogP contribution >= 0.6 is 0 Å². The topological polar surface area (TPSA) is 48.0 Å². The molecule has 0 unspecified atom stereocenters. The number of halogens is 1. The van der Waals surface area contributed by atoms with Crippen LogP contribution in [0.3, 0.4) is 0 Å². The number of rotatable bonds is 5. The normalized spacial score (nSPS) is 17.4. The van der Waals surface area contributed by atoms with Crippen LogP contribution in [0.4, 0.5) is 4.39 Å². The van der Waals surface area contributed by atoms with Crippen LogP contribution < -0.4 is 14.2 Å². The van der Waals surface area contributed by atoms with E-state index in [4.69, 9.17) is 14.2 Å². The average Bonchev–Trinajstić information content (AvgIpc) is 2.73. The van der Waals surface area contributed by atoms with E-state index in [0.29, 0.717) is 36.8 Å². The van der Waals surface area contributed by atoms with Gasteiger partial charge in [-0.25, -0.2) is 4.39 Å². The Balaban J connectivity index is 1.35. The van der Waals surface area contributed by atoms with Gasteiger partial charge in [-0.3, -0.25) is 9.69 Å². The molecule has 0 spiro atoms. The van der Waals surface area contributed by atoms with E-state index in [1.165, 1.54) is 13.2 Å². The van der Waals surface area contributed by atoms with Crippen LogP contribution in [0.5, 0.6) is 17.2 Å². The van der Waals surface area contributed by atoms with Crippen molar-refractivity contribution in [3.05, 3.63) is 53.3 Å². The zero-order valence-corrected chi connectivity index (χ0v) is 15.9. The van der Waals surface area contributed by atoms with Gasteiger partial charge >= 0.3 is 0 Å². The van der Waals surface area contributed by atoms with Crippen molar-refractivity contribution < 1.29 is 23.4 Å². The van der Waals surface area contributed by atoms with Crippen LogP contribution in [0.1, 0.15) is 28.8 Å². The number of piperidine rings is 1. The smallest absolute Gasteiger partial charge is 0.166 e. The van der Waals surface area contributed by atoms with Crippen molar-refractivity contribution in [3.63, 3.8) is 0 Å². The Bertz CT molecular complexity index is 862. The highest BCUT2D eigenvalue weighted by Crippen LogP contribution is 2.32. The van der Waals surface area contributed by atoms with E-state index in [1.54, 1.807) is 12.1 Å². The summed E-state index contributed by atoms with van der Waals surface area (Å²) in [6.07, 6.45) is 1.60. The molecule has 5 nitrogen and oxygen atoms in total. The third-order valence-corrected chi connectivity index (χ3v) is 5.41. The molecule has 0 atom stereocenters.